The van der Waals surface area contributed by atoms with Crippen LogP contribution in [0.25, 0.3) is 0 Å². The Kier molecular flexibility index (Phi) is 5.08. The predicted octanol–water partition coefficient (Wildman–Crippen LogP) is 1.52. The monoisotopic (exact) mass is 308 g/mol. The van der Waals surface area contributed by atoms with E-state index in [0.29, 0.717) is 25.2 Å². The van der Waals surface area contributed by atoms with Crippen molar-refractivity contribution < 1.29 is 24.5 Å². The number of piperidine rings is 1. The maximum Gasteiger partial charge on any atom is 0.407 e. The highest BCUT2D eigenvalue weighted by atomic mass is 16.5. The molecule has 0 radical (unpaired) electrons. The van der Waals surface area contributed by atoms with Gasteiger partial charge in [0, 0.05) is 25.2 Å². The maximum absolute atomic E-state index is 12.1. The Labute approximate surface area is 128 Å². The molecule has 7 heteroatoms. The highest BCUT2D eigenvalue weighted by Gasteiger charge is 2.22. The number of phenols is 1. The summed E-state index contributed by atoms with van der Waals surface area (Å²) in [5, 5.41) is 21.2. The van der Waals surface area contributed by atoms with Crippen molar-refractivity contribution in [2.75, 3.05) is 26.7 Å². The SMILES string of the molecule is COc1cc(C(=O)NCC2CCN(C(=O)O)CC2)ccc1O. The van der Waals surface area contributed by atoms with Gasteiger partial charge in [-0.2, -0.15) is 0 Å². The van der Waals surface area contributed by atoms with Gasteiger partial charge in [0.25, 0.3) is 5.91 Å². The topological polar surface area (TPSA) is 99.1 Å². The van der Waals surface area contributed by atoms with Gasteiger partial charge >= 0.3 is 6.09 Å². The van der Waals surface area contributed by atoms with Crippen LogP contribution in [0.1, 0.15) is 23.2 Å². The molecular weight excluding hydrogens is 288 g/mol. The van der Waals surface area contributed by atoms with E-state index in [4.69, 9.17) is 9.84 Å². The fourth-order valence-electron chi connectivity index (χ4n) is 2.49. The molecule has 0 spiro atoms. The van der Waals surface area contributed by atoms with E-state index >= 15 is 0 Å². The number of nitrogens with one attached hydrogen (secondary N) is 1. The van der Waals surface area contributed by atoms with Crippen molar-refractivity contribution in [2.24, 2.45) is 5.92 Å². The molecule has 0 unspecified atom stereocenters. The van der Waals surface area contributed by atoms with Crippen LogP contribution in [0.4, 0.5) is 4.79 Å². The quantitative estimate of drug-likeness (QED) is 0.783. The number of aromatic hydroxyl groups is 1. The van der Waals surface area contributed by atoms with E-state index in [0.717, 1.165) is 12.8 Å². The first-order valence-electron chi connectivity index (χ1n) is 7.14. The normalized spacial score (nSPS) is 15.4. The number of phenolic OH excluding ortho intramolecular Hbond substituents is 1. The summed E-state index contributed by atoms with van der Waals surface area (Å²) in [6, 6.07) is 4.43. The van der Waals surface area contributed by atoms with Gasteiger partial charge in [0.15, 0.2) is 11.5 Å². The lowest BCUT2D eigenvalue weighted by Crippen LogP contribution is -2.40. The van der Waals surface area contributed by atoms with Crippen LogP contribution in [0, 0.1) is 5.92 Å². The van der Waals surface area contributed by atoms with Crippen molar-refractivity contribution in [1.29, 1.82) is 0 Å². The van der Waals surface area contributed by atoms with E-state index in [9.17, 15) is 14.7 Å². The standard InChI is InChI=1S/C15H20N2O5/c1-22-13-8-11(2-3-12(13)18)14(19)16-9-10-4-6-17(7-5-10)15(20)21/h2-3,8,10,18H,4-7,9H2,1H3,(H,16,19)(H,20,21). The van der Waals surface area contributed by atoms with Crippen LogP contribution in [0.2, 0.25) is 0 Å². The van der Waals surface area contributed by atoms with Gasteiger partial charge in [0.2, 0.25) is 0 Å². The molecule has 1 fully saturated rings. The number of methoxy groups -OCH3 is 1. The average Bonchev–Trinajstić information content (AvgIpc) is 2.53. The van der Waals surface area contributed by atoms with Crippen LogP contribution >= 0.6 is 0 Å². The van der Waals surface area contributed by atoms with Gasteiger partial charge in [-0.15, -0.1) is 0 Å². The first-order valence-corrected chi connectivity index (χ1v) is 7.14. The minimum Gasteiger partial charge on any atom is -0.504 e. The Morgan fingerprint density at radius 1 is 1.36 bits per heavy atom. The minimum atomic E-state index is -0.890. The number of nitrogens with zero attached hydrogens (tertiary/aromatic N) is 1. The summed E-state index contributed by atoms with van der Waals surface area (Å²) in [7, 11) is 1.42. The fraction of sp³-hybridized carbons (Fsp3) is 0.467. The number of carbonyl (C=O) groups excluding carboxylic acids is 1. The third kappa shape index (κ3) is 3.81. The maximum atomic E-state index is 12.1. The number of ether oxygens (including phenoxy) is 1. The summed E-state index contributed by atoms with van der Waals surface area (Å²) < 4.78 is 4.97. The molecule has 0 saturated carbocycles. The largest absolute Gasteiger partial charge is 0.504 e. The first-order chi connectivity index (χ1) is 10.5. The molecule has 0 atom stereocenters. The number of carbonyl (C=O) groups is 2. The van der Waals surface area contributed by atoms with E-state index in [1.165, 1.54) is 30.2 Å². The van der Waals surface area contributed by atoms with Crippen LogP contribution in [0.3, 0.4) is 0 Å². The zero-order chi connectivity index (χ0) is 16.1. The minimum absolute atomic E-state index is 0.0138. The molecule has 1 heterocycles. The molecular formula is C15H20N2O5. The summed E-state index contributed by atoms with van der Waals surface area (Å²) >= 11 is 0. The van der Waals surface area contributed by atoms with Gasteiger partial charge in [-0.3, -0.25) is 4.79 Å². The van der Waals surface area contributed by atoms with Crippen molar-refractivity contribution in [3.05, 3.63) is 23.8 Å². The molecule has 0 aliphatic carbocycles. The fourth-order valence-corrected chi connectivity index (χ4v) is 2.49. The molecule has 1 aromatic carbocycles. The van der Waals surface area contributed by atoms with Crippen LogP contribution in [-0.4, -0.2) is 53.9 Å². The second kappa shape index (κ2) is 7.02. The number of carboxylic acid groups (broad SMARTS) is 1. The molecule has 0 bridgehead atoms. The molecule has 2 amide bonds. The molecule has 1 saturated heterocycles. The summed E-state index contributed by atoms with van der Waals surface area (Å²) in [6.45, 7) is 1.52. The van der Waals surface area contributed by atoms with Crippen molar-refractivity contribution in [2.45, 2.75) is 12.8 Å². The third-order valence-corrected chi connectivity index (χ3v) is 3.88. The number of amides is 2. The second-order valence-electron chi connectivity index (χ2n) is 5.31. The molecule has 1 aliphatic heterocycles. The highest BCUT2D eigenvalue weighted by molar-refractivity contribution is 5.94. The van der Waals surface area contributed by atoms with E-state index < -0.39 is 6.09 Å². The Balaban J connectivity index is 1.85. The molecule has 3 N–H and O–H groups in total. The van der Waals surface area contributed by atoms with Crippen LogP contribution in [0.5, 0.6) is 11.5 Å². The zero-order valence-corrected chi connectivity index (χ0v) is 12.4. The van der Waals surface area contributed by atoms with E-state index in [2.05, 4.69) is 5.32 Å². The Morgan fingerprint density at radius 3 is 2.64 bits per heavy atom. The first kappa shape index (κ1) is 15.9. The van der Waals surface area contributed by atoms with Gasteiger partial charge in [-0.1, -0.05) is 0 Å². The Hall–Kier alpha value is -2.44. The molecule has 0 aromatic heterocycles. The number of hydrogen-bond donors (Lipinski definition) is 3. The van der Waals surface area contributed by atoms with Crippen molar-refractivity contribution in [3.8, 4) is 11.5 Å². The lowest BCUT2D eigenvalue weighted by molar-refractivity contribution is 0.0928. The third-order valence-electron chi connectivity index (χ3n) is 3.88. The summed E-state index contributed by atoms with van der Waals surface area (Å²) in [5.74, 6) is 0.278. The highest BCUT2D eigenvalue weighted by Crippen LogP contribution is 2.26. The lowest BCUT2D eigenvalue weighted by atomic mass is 9.97. The molecule has 1 aliphatic rings. The smallest absolute Gasteiger partial charge is 0.407 e. The van der Waals surface area contributed by atoms with Crippen molar-refractivity contribution in [3.63, 3.8) is 0 Å². The van der Waals surface area contributed by atoms with Crippen molar-refractivity contribution in [1.82, 2.24) is 10.2 Å². The lowest BCUT2D eigenvalue weighted by Gasteiger charge is -2.29. The number of benzene rings is 1. The van der Waals surface area contributed by atoms with E-state index in [1.807, 2.05) is 0 Å². The van der Waals surface area contributed by atoms with Gasteiger partial charge in [0.05, 0.1) is 7.11 Å². The summed E-state index contributed by atoms with van der Waals surface area (Å²) in [5.41, 5.74) is 0.414. The van der Waals surface area contributed by atoms with Gasteiger partial charge in [-0.25, -0.2) is 4.79 Å². The zero-order valence-electron chi connectivity index (χ0n) is 12.4. The average molecular weight is 308 g/mol. The van der Waals surface area contributed by atoms with Crippen LogP contribution in [-0.2, 0) is 0 Å². The molecule has 1 aromatic rings. The summed E-state index contributed by atoms with van der Waals surface area (Å²) in [6.07, 6.45) is 0.593. The summed E-state index contributed by atoms with van der Waals surface area (Å²) in [4.78, 5) is 24.3. The Bertz CT molecular complexity index is 553. The van der Waals surface area contributed by atoms with E-state index in [1.54, 1.807) is 0 Å². The van der Waals surface area contributed by atoms with Crippen LogP contribution in [0.15, 0.2) is 18.2 Å². The molecule has 120 valence electrons. The van der Waals surface area contributed by atoms with Gasteiger partial charge in [0.1, 0.15) is 0 Å². The van der Waals surface area contributed by atoms with Crippen LogP contribution < -0.4 is 10.1 Å². The second-order valence-corrected chi connectivity index (χ2v) is 5.31. The number of likely N-dealkylation sites (tertiary alicyclic amines) is 1. The molecule has 7 nitrogen and oxygen atoms in total. The van der Waals surface area contributed by atoms with Gasteiger partial charge < -0.3 is 25.2 Å². The number of hydrogen-bond acceptors (Lipinski definition) is 4. The van der Waals surface area contributed by atoms with E-state index in [-0.39, 0.29) is 23.3 Å². The predicted molar refractivity (Wildman–Crippen MR) is 79.3 cm³/mol. The Morgan fingerprint density at radius 2 is 2.05 bits per heavy atom. The number of rotatable bonds is 4. The molecule has 2 rings (SSSR count). The molecule has 22 heavy (non-hydrogen) atoms. The van der Waals surface area contributed by atoms with Gasteiger partial charge in [-0.05, 0) is 37.0 Å². The van der Waals surface area contributed by atoms with Crippen molar-refractivity contribution >= 4 is 12.0 Å².